The lowest BCUT2D eigenvalue weighted by molar-refractivity contribution is -0.155. The minimum absolute atomic E-state index is 0.0946. The number of aliphatic carboxylic acids is 1. The minimum atomic E-state index is -4.67. The molecule has 1 aromatic rings. The number of carboxylic acid groups (broad SMARTS) is 1. The van der Waals surface area contributed by atoms with E-state index in [0.29, 0.717) is 5.69 Å². The number of amides is 2. The van der Waals surface area contributed by atoms with Crippen LogP contribution >= 0.6 is 11.3 Å². The molecule has 22 heavy (non-hydrogen) atoms. The average Bonchev–Trinajstić information content (AvgIpc) is 3.02. The molecule has 2 atom stereocenters. The zero-order chi connectivity index (χ0) is 16.5. The Morgan fingerprint density at radius 1 is 1.55 bits per heavy atom. The van der Waals surface area contributed by atoms with E-state index >= 15 is 0 Å². The van der Waals surface area contributed by atoms with Gasteiger partial charge >= 0.3 is 18.2 Å². The first-order chi connectivity index (χ1) is 10.2. The molecular weight excluding hydrogens is 323 g/mol. The number of hydrogen-bond acceptors (Lipinski definition) is 4. The number of aromatic nitrogens is 1. The van der Waals surface area contributed by atoms with Crippen molar-refractivity contribution in [2.45, 2.75) is 25.6 Å². The van der Waals surface area contributed by atoms with E-state index in [1.807, 2.05) is 5.32 Å². The summed E-state index contributed by atoms with van der Waals surface area (Å²) >= 11 is 0.816. The van der Waals surface area contributed by atoms with Crippen LogP contribution in [-0.4, -0.2) is 46.3 Å². The predicted molar refractivity (Wildman–Crippen MR) is 71.5 cm³/mol. The zero-order valence-electron chi connectivity index (χ0n) is 11.6. The first-order valence-electron chi connectivity index (χ1n) is 6.45. The third-order valence-corrected chi connectivity index (χ3v) is 4.33. The van der Waals surface area contributed by atoms with E-state index in [-0.39, 0.29) is 24.5 Å². The lowest BCUT2D eigenvalue weighted by atomic mass is 10.1. The molecule has 0 spiro atoms. The molecule has 2 heterocycles. The van der Waals surface area contributed by atoms with Crippen molar-refractivity contribution in [3.05, 3.63) is 16.1 Å². The number of likely N-dealkylation sites (tertiary alicyclic amines) is 1. The zero-order valence-corrected chi connectivity index (χ0v) is 12.4. The van der Waals surface area contributed by atoms with Gasteiger partial charge in [-0.15, -0.1) is 11.3 Å². The Balaban J connectivity index is 2.08. The van der Waals surface area contributed by atoms with Crippen LogP contribution in [0, 0.1) is 12.8 Å². The van der Waals surface area contributed by atoms with Gasteiger partial charge in [0.15, 0.2) is 6.04 Å². The van der Waals surface area contributed by atoms with Crippen LogP contribution < -0.4 is 5.32 Å². The number of carbonyl (C=O) groups is 2. The number of alkyl halides is 3. The second-order valence-electron chi connectivity index (χ2n) is 5.02. The second-order valence-corrected chi connectivity index (χ2v) is 5.91. The Bertz CT molecular complexity index is 575. The summed E-state index contributed by atoms with van der Waals surface area (Å²) in [6, 6.07) is -3.12. The minimum Gasteiger partial charge on any atom is -0.481 e. The van der Waals surface area contributed by atoms with Crippen molar-refractivity contribution in [2.75, 3.05) is 13.1 Å². The van der Waals surface area contributed by atoms with Crippen LogP contribution in [0.15, 0.2) is 5.38 Å². The number of halogens is 3. The van der Waals surface area contributed by atoms with Crippen molar-refractivity contribution >= 4 is 23.3 Å². The summed E-state index contributed by atoms with van der Waals surface area (Å²) in [7, 11) is 0. The first kappa shape index (κ1) is 16.5. The Morgan fingerprint density at radius 3 is 2.68 bits per heavy atom. The molecule has 0 bridgehead atoms. The van der Waals surface area contributed by atoms with Gasteiger partial charge in [-0.25, -0.2) is 9.78 Å². The maximum atomic E-state index is 13.1. The van der Waals surface area contributed by atoms with Gasteiger partial charge in [0.2, 0.25) is 0 Å². The quantitative estimate of drug-likeness (QED) is 0.885. The molecule has 2 N–H and O–H groups in total. The van der Waals surface area contributed by atoms with Crippen LogP contribution in [0.3, 0.4) is 0 Å². The van der Waals surface area contributed by atoms with Crippen molar-refractivity contribution in [1.29, 1.82) is 0 Å². The van der Waals surface area contributed by atoms with Gasteiger partial charge in [-0.1, -0.05) is 0 Å². The van der Waals surface area contributed by atoms with Gasteiger partial charge in [-0.05, 0) is 13.3 Å². The van der Waals surface area contributed by atoms with E-state index in [1.165, 1.54) is 5.38 Å². The summed E-state index contributed by atoms with van der Waals surface area (Å²) in [6.07, 6.45) is -4.44. The van der Waals surface area contributed by atoms with Gasteiger partial charge in [0.1, 0.15) is 5.01 Å². The summed E-state index contributed by atoms with van der Waals surface area (Å²) in [5, 5.41) is 12.0. The molecule has 1 aliphatic heterocycles. The highest BCUT2D eigenvalue weighted by molar-refractivity contribution is 7.09. The summed E-state index contributed by atoms with van der Waals surface area (Å²) in [5.41, 5.74) is 0.440. The Hall–Kier alpha value is -1.84. The molecule has 1 aromatic heterocycles. The fourth-order valence-corrected chi connectivity index (χ4v) is 3.02. The number of carboxylic acids is 1. The predicted octanol–water partition coefficient (Wildman–Crippen LogP) is 2.17. The van der Waals surface area contributed by atoms with Crippen molar-refractivity contribution in [2.24, 2.45) is 5.92 Å². The number of rotatable bonds is 3. The van der Waals surface area contributed by atoms with E-state index in [9.17, 15) is 22.8 Å². The summed E-state index contributed by atoms with van der Waals surface area (Å²) in [6.45, 7) is 1.58. The highest BCUT2D eigenvalue weighted by Gasteiger charge is 2.45. The van der Waals surface area contributed by atoms with Crippen molar-refractivity contribution in [1.82, 2.24) is 15.2 Å². The summed E-state index contributed by atoms with van der Waals surface area (Å²) in [4.78, 5) is 27.6. The number of carbonyl (C=O) groups excluding carboxylic acids is 1. The van der Waals surface area contributed by atoms with Gasteiger partial charge in [-0.3, -0.25) is 4.79 Å². The molecule has 0 aliphatic carbocycles. The SMILES string of the molecule is Cc1csc(C(NC(=O)N2CCC(C(=O)O)C2)C(F)(F)F)n1. The topological polar surface area (TPSA) is 82.5 Å². The van der Waals surface area contributed by atoms with E-state index in [4.69, 9.17) is 5.11 Å². The molecule has 2 amide bonds. The Morgan fingerprint density at radius 2 is 2.23 bits per heavy atom. The van der Waals surface area contributed by atoms with Crippen molar-refractivity contribution in [3.63, 3.8) is 0 Å². The number of thiazole rings is 1. The highest BCUT2D eigenvalue weighted by atomic mass is 32.1. The van der Waals surface area contributed by atoms with Crippen LogP contribution in [-0.2, 0) is 4.79 Å². The van der Waals surface area contributed by atoms with Crippen LogP contribution in [0.4, 0.5) is 18.0 Å². The van der Waals surface area contributed by atoms with Crippen LogP contribution in [0.2, 0.25) is 0 Å². The largest absolute Gasteiger partial charge is 0.481 e. The molecule has 0 saturated carbocycles. The standard InChI is InChI=1S/C12H14F3N3O3S/c1-6-5-22-9(16-6)8(12(13,14)15)17-11(21)18-3-2-7(4-18)10(19)20/h5,7-8H,2-4H2,1H3,(H,17,21)(H,19,20). The second kappa shape index (κ2) is 6.11. The van der Waals surface area contributed by atoms with Crippen LogP contribution in [0.1, 0.15) is 23.2 Å². The summed E-state index contributed by atoms with van der Waals surface area (Å²) < 4.78 is 39.3. The Labute approximate surface area is 127 Å². The van der Waals surface area contributed by atoms with Gasteiger partial charge < -0.3 is 15.3 Å². The third-order valence-electron chi connectivity index (χ3n) is 3.30. The number of urea groups is 1. The van der Waals surface area contributed by atoms with Crippen molar-refractivity contribution < 1.29 is 27.9 Å². The van der Waals surface area contributed by atoms with Gasteiger partial charge in [0, 0.05) is 24.2 Å². The maximum Gasteiger partial charge on any atom is 0.415 e. The fraction of sp³-hybridized carbons (Fsp3) is 0.583. The molecule has 1 aliphatic rings. The number of aryl methyl sites for hydroxylation is 1. The first-order valence-corrected chi connectivity index (χ1v) is 7.33. The lowest BCUT2D eigenvalue weighted by Crippen LogP contribution is -2.45. The van der Waals surface area contributed by atoms with Crippen molar-refractivity contribution in [3.8, 4) is 0 Å². The molecule has 2 rings (SSSR count). The fourth-order valence-electron chi connectivity index (χ4n) is 2.15. The summed E-state index contributed by atoms with van der Waals surface area (Å²) in [5.74, 6) is -1.80. The molecule has 10 heteroatoms. The maximum absolute atomic E-state index is 13.1. The van der Waals surface area contributed by atoms with Gasteiger partial charge in [0.05, 0.1) is 5.92 Å². The normalized spacial score (nSPS) is 20.0. The average molecular weight is 337 g/mol. The molecule has 6 nitrogen and oxygen atoms in total. The highest BCUT2D eigenvalue weighted by Crippen LogP contribution is 2.34. The molecule has 1 fully saturated rings. The van der Waals surface area contributed by atoms with Gasteiger partial charge in [-0.2, -0.15) is 13.2 Å². The van der Waals surface area contributed by atoms with Crippen LogP contribution in [0.25, 0.3) is 0 Å². The molecule has 0 aromatic carbocycles. The smallest absolute Gasteiger partial charge is 0.415 e. The van der Waals surface area contributed by atoms with Crippen LogP contribution in [0.5, 0.6) is 0 Å². The Kier molecular flexibility index (Phi) is 4.59. The van der Waals surface area contributed by atoms with E-state index < -0.39 is 30.1 Å². The molecule has 2 unspecified atom stereocenters. The number of nitrogens with one attached hydrogen (secondary N) is 1. The monoisotopic (exact) mass is 337 g/mol. The molecule has 0 radical (unpaired) electrons. The molecule has 122 valence electrons. The van der Waals surface area contributed by atoms with Gasteiger partial charge in [0.25, 0.3) is 0 Å². The number of hydrogen-bond donors (Lipinski definition) is 2. The third kappa shape index (κ3) is 3.67. The molecular formula is C12H14F3N3O3S. The molecule has 1 saturated heterocycles. The van der Waals surface area contributed by atoms with E-state index in [0.717, 1.165) is 16.2 Å². The van der Waals surface area contributed by atoms with E-state index in [2.05, 4.69) is 4.98 Å². The van der Waals surface area contributed by atoms with E-state index in [1.54, 1.807) is 6.92 Å². The number of nitrogens with zero attached hydrogens (tertiary/aromatic N) is 2. The lowest BCUT2D eigenvalue weighted by Gasteiger charge is -2.23.